The number of allylic oxidation sites excluding steroid dienone is 1. The van der Waals surface area contributed by atoms with E-state index < -0.39 is 0 Å². The van der Waals surface area contributed by atoms with Crippen LogP contribution >= 0.6 is 23.4 Å². The third-order valence-electron chi connectivity index (χ3n) is 3.74. The summed E-state index contributed by atoms with van der Waals surface area (Å²) in [4.78, 5) is 12.0. The van der Waals surface area contributed by atoms with Crippen LogP contribution in [0.2, 0.25) is 5.02 Å². The van der Waals surface area contributed by atoms with Crippen LogP contribution in [0.4, 0.5) is 5.82 Å². The molecule has 1 N–H and O–H groups in total. The molecule has 1 aromatic carbocycles. The smallest absolute Gasteiger partial charge is 0.226 e. The first kappa shape index (κ1) is 20.9. The summed E-state index contributed by atoms with van der Waals surface area (Å²) in [5, 5.41) is 16.2. The summed E-state index contributed by atoms with van der Waals surface area (Å²) >= 11 is 7.32. The van der Waals surface area contributed by atoms with Crippen molar-refractivity contribution in [2.45, 2.75) is 31.7 Å². The average Bonchev–Trinajstić information content (AvgIpc) is 3.28. The van der Waals surface area contributed by atoms with E-state index in [9.17, 15) is 4.79 Å². The average molecular weight is 434 g/mol. The number of rotatable bonds is 10. The molecule has 0 saturated heterocycles. The van der Waals surface area contributed by atoms with Crippen LogP contribution in [0.3, 0.4) is 0 Å². The van der Waals surface area contributed by atoms with Crippen molar-refractivity contribution in [1.82, 2.24) is 19.9 Å². The van der Waals surface area contributed by atoms with Gasteiger partial charge in [-0.25, -0.2) is 0 Å². The summed E-state index contributed by atoms with van der Waals surface area (Å²) in [6.45, 7) is 6.34. The van der Waals surface area contributed by atoms with Crippen molar-refractivity contribution in [3.8, 4) is 5.75 Å². The van der Waals surface area contributed by atoms with Crippen LogP contribution in [-0.4, -0.2) is 31.6 Å². The van der Waals surface area contributed by atoms with Gasteiger partial charge >= 0.3 is 0 Å². The number of amides is 1. The molecule has 0 saturated carbocycles. The normalized spacial score (nSPS) is 10.7. The SMILES string of the molecule is C=CCn1c(COc2ccc(Cl)cc2)nnc1SCCC(=O)Nc1cc(C)on1. The predicted molar refractivity (Wildman–Crippen MR) is 111 cm³/mol. The molecule has 0 aliphatic heterocycles. The molecule has 3 aromatic rings. The maximum atomic E-state index is 12.0. The summed E-state index contributed by atoms with van der Waals surface area (Å²) in [5.41, 5.74) is 0. The second kappa shape index (κ2) is 10.1. The van der Waals surface area contributed by atoms with Gasteiger partial charge in [-0.15, -0.1) is 16.8 Å². The van der Waals surface area contributed by atoms with Crippen LogP contribution in [0.25, 0.3) is 0 Å². The molecule has 0 aliphatic rings. The lowest BCUT2D eigenvalue weighted by atomic mass is 10.3. The Kier molecular flexibility index (Phi) is 7.31. The Hall–Kier alpha value is -2.78. The van der Waals surface area contributed by atoms with Crippen molar-refractivity contribution < 1.29 is 14.1 Å². The number of thioether (sulfide) groups is 1. The fourth-order valence-corrected chi connectivity index (χ4v) is 3.42. The topological polar surface area (TPSA) is 95.1 Å². The van der Waals surface area contributed by atoms with Gasteiger partial charge in [0.25, 0.3) is 0 Å². The van der Waals surface area contributed by atoms with Crippen molar-refractivity contribution in [3.05, 3.63) is 59.6 Å². The van der Waals surface area contributed by atoms with Crippen molar-refractivity contribution in [1.29, 1.82) is 0 Å². The summed E-state index contributed by atoms with van der Waals surface area (Å²) in [6, 6.07) is 8.77. The molecule has 0 spiro atoms. The second-order valence-corrected chi connectivity index (χ2v) is 7.51. The van der Waals surface area contributed by atoms with E-state index in [1.807, 2.05) is 4.57 Å². The summed E-state index contributed by atoms with van der Waals surface area (Å²) in [6.07, 6.45) is 2.06. The van der Waals surface area contributed by atoms with Gasteiger partial charge in [-0.05, 0) is 31.2 Å². The zero-order valence-electron chi connectivity index (χ0n) is 15.8. The highest BCUT2D eigenvalue weighted by Crippen LogP contribution is 2.21. The molecule has 152 valence electrons. The second-order valence-electron chi connectivity index (χ2n) is 6.01. The number of halogens is 1. The number of hydrogen-bond donors (Lipinski definition) is 1. The third kappa shape index (κ3) is 6.10. The lowest BCUT2D eigenvalue weighted by Crippen LogP contribution is -2.12. The van der Waals surface area contributed by atoms with Gasteiger partial charge in [0.1, 0.15) is 18.1 Å². The fraction of sp³-hybridized carbons (Fsp3) is 0.263. The lowest BCUT2D eigenvalue weighted by Gasteiger charge is -2.09. The first-order valence-corrected chi connectivity index (χ1v) is 10.2. The minimum Gasteiger partial charge on any atom is -0.486 e. The molecule has 0 atom stereocenters. The molecule has 0 unspecified atom stereocenters. The minimum atomic E-state index is -0.146. The summed E-state index contributed by atoms with van der Waals surface area (Å²) in [5.74, 6) is 2.80. The number of carbonyl (C=O) groups excluding carboxylic acids is 1. The van der Waals surface area contributed by atoms with Crippen molar-refractivity contribution >= 4 is 35.1 Å². The van der Waals surface area contributed by atoms with E-state index in [1.165, 1.54) is 11.8 Å². The summed E-state index contributed by atoms with van der Waals surface area (Å²) in [7, 11) is 0. The molecule has 29 heavy (non-hydrogen) atoms. The monoisotopic (exact) mass is 433 g/mol. The number of nitrogens with zero attached hydrogens (tertiary/aromatic N) is 4. The molecule has 8 nitrogen and oxygen atoms in total. The number of aryl methyl sites for hydroxylation is 1. The predicted octanol–water partition coefficient (Wildman–Crippen LogP) is 4.11. The molecule has 0 aliphatic carbocycles. The van der Waals surface area contributed by atoms with Crippen molar-refractivity contribution in [3.63, 3.8) is 0 Å². The van der Waals surface area contributed by atoms with E-state index in [0.717, 1.165) is 0 Å². The van der Waals surface area contributed by atoms with Crippen molar-refractivity contribution in [2.24, 2.45) is 0 Å². The molecular formula is C19H20ClN5O3S. The Morgan fingerprint density at radius 2 is 2.17 bits per heavy atom. The lowest BCUT2D eigenvalue weighted by molar-refractivity contribution is -0.115. The first-order chi connectivity index (χ1) is 14.0. The van der Waals surface area contributed by atoms with E-state index in [-0.39, 0.29) is 12.5 Å². The van der Waals surface area contributed by atoms with Crippen LogP contribution in [0.15, 0.2) is 52.7 Å². The summed E-state index contributed by atoms with van der Waals surface area (Å²) < 4.78 is 12.6. The molecule has 0 bridgehead atoms. The Balaban J connectivity index is 1.54. The number of benzene rings is 1. The number of carbonyl (C=O) groups is 1. The maximum absolute atomic E-state index is 12.0. The Labute approximate surface area is 177 Å². The van der Waals surface area contributed by atoms with Gasteiger partial charge in [0.05, 0.1) is 0 Å². The zero-order valence-corrected chi connectivity index (χ0v) is 17.4. The van der Waals surface area contributed by atoms with E-state index in [1.54, 1.807) is 43.3 Å². The third-order valence-corrected chi connectivity index (χ3v) is 4.96. The van der Waals surface area contributed by atoms with E-state index in [0.29, 0.717) is 52.0 Å². The Morgan fingerprint density at radius 3 is 2.86 bits per heavy atom. The standard InChI is InChI=1S/C19H20ClN5O3S/c1-3-9-25-17(12-27-15-6-4-14(20)5-7-15)22-23-19(25)29-10-8-18(26)21-16-11-13(2)28-24-16/h3-7,11H,1,8-10,12H2,2H3,(H,21,24,26). The number of ether oxygens (including phenoxy) is 1. The highest BCUT2D eigenvalue weighted by atomic mass is 35.5. The van der Waals surface area contributed by atoms with Crippen LogP contribution in [0.5, 0.6) is 5.75 Å². The molecule has 1 amide bonds. The molecule has 0 fully saturated rings. The number of hydrogen-bond acceptors (Lipinski definition) is 7. The highest BCUT2D eigenvalue weighted by Gasteiger charge is 2.14. The van der Waals surface area contributed by atoms with Gasteiger partial charge in [-0.1, -0.05) is 34.6 Å². The number of anilines is 1. The maximum Gasteiger partial charge on any atom is 0.226 e. The quantitative estimate of drug-likeness (QED) is 0.379. The molecule has 0 radical (unpaired) electrons. The molecule has 2 aromatic heterocycles. The van der Waals surface area contributed by atoms with Gasteiger partial charge in [0.2, 0.25) is 5.91 Å². The van der Waals surface area contributed by atoms with Crippen LogP contribution < -0.4 is 10.1 Å². The van der Waals surface area contributed by atoms with Gasteiger partial charge in [-0.3, -0.25) is 9.36 Å². The van der Waals surface area contributed by atoms with Gasteiger partial charge in [0, 0.05) is 29.8 Å². The van der Waals surface area contributed by atoms with Crippen molar-refractivity contribution in [2.75, 3.05) is 11.1 Å². The fourth-order valence-electron chi connectivity index (χ4n) is 2.39. The number of aromatic nitrogens is 4. The van der Waals surface area contributed by atoms with Crippen LogP contribution in [0.1, 0.15) is 18.0 Å². The van der Waals surface area contributed by atoms with E-state index >= 15 is 0 Å². The van der Waals surface area contributed by atoms with Gasteiger partial charge in [-0.2, -0.15) is 0 Å². The number of nitrogens with one attached hydrogen (secondary N) is 1. The Bertz CT molecular complexity index is 971. The molecule has 2 heterocycles. The van der Waals surface area contributed by atoms with E-state index in [2.05, 4.69) is 27.2 Å². The molecule has 3 rings (SSSR count). The Morgan fingerprint density at radius 1 is 1.38 bits per heavy atom. The highest BCUT2D eigenvalue weighted by molar-refractivity contribution is 7.99. The molecule has 10 heteroatoms. The van der Waals surface area contributed by atoms with Crippen LogP contribution in [-0.2, 0) is 17.9 Å². The molecular weight excluding hydrogens is 414 g/mol. The van der Waals surface area contributed by atoms with E-state index in [4.69, 9.17) is 20.9 Å². The van der Waals surface area contributed by atoms with Crippen LogP contribution in [0, 0.1) is 6.92 Å². The van der Waals surface area contributed by atoms with Gasteiger partial charge in [0.15, 0.2) is 16.8 Å². The minimum absolute atomic E-state index is 0.146. The largest absolute Gasteiger partial charge is 0.486 e. The zero-order chi connectivity index (χ0) is 20.6. The first-order valence-electron chi connectivity index (χ1n) is 8.82. The van der Waals surface area contributed by atoms with Gasteiger partial charge < -0.3 is 14.6 Å².